The number of quaternary nitrogens is 1. The Morgan fingerprint density at radius 1 is 1.26 bits per heavy atom. The summed E-state index contributed by atoms with van der Waals surface area (Å²) < 4.78 is 10.6. The third-order valence-electron chi connectivity index (χ3n) is 5.06. The lowest BCUT2D eigenvalue weighted by Gasteiger charge is -2.32. The zero-order valence-electron chi connectivity index (χ0n) is 16.0. The Morgan fingerprint density at radius 2 is 2.04 bits per heavy atom. The molecule has 0 radical (unpaired) electrons. The number of benzene rings is 1. The second-order valence-corrected chi connectivity index (χ2v) is 6.91. The van der Waals surface area contributed by atoms with Gasteiger partial charge in [-0.2, -0.15) is 0 Å². The Bertz CT molecular complexity index is 726. The number of urea groups is 1. The van der Waals surface area contributed by atoms with Gasteiger partial charge in [0.05, 0.1) is 44.1 Å². The Hall–Kier alpha value is -2.54. The average molecular weight is 374 g/mol. The number of ether oxygens (including phenoxy) is 2. The molecule has 7 heteroatoms. The highest BCUT2D eigenvalue weighted by molar-refractivity contribution is 5.95. The van der Waals surface area contributed by atoms with Crippen LogP contribution in [-0.2, 0) is 9.53 Å². The zero-order valence-corrected chi connectivity index (χ0v) is 16.0. The standard InChI is InChI=1S/C20H27N3O4/c1-3-27-19(24)17-16(13-23-10-5-4-6-11-23)21-20(25)22-18(17)14-8-7-9-15(12-14)26-2/h7-9,12,18H,3-6,10-11,13H2,1-2H3,(H2,21,22,25)/p+1/t18-/m1/s1. The molecule has 1 aromatic rings. The van der Waals surface area contributed by atoms with Gasteiger partial charge in [0.2, 0.25) is 0 Å². The summed E-state index contributed by atoms with van der Waals surface area (Å²) in [6, 6.07) is 6.53. The van der Waals surface area contributed by atoms with Crippen molar-refractivity contribution in [1.29, 1.82) is 0 Å². The predicted molar refractivity (Wildman–Crippen MR) is 100 cm³/mol. The highest BCUT2D eigenvalue weighted by atomic mass is 16.5. The van der Waals surface area contributed by atoms with Crippen molar-refractivity contribution in [1.82, 2.24) is 10.6 Å². The van der Waals surface area contributed by atoms with Crippen LogP contribution in [0.2, 0.25) is 0 Å². The number of methoxy groups -OCH3 is 1. The number of esters is 1. The van der Waals surface area contributed by atoms with Gasteiger partial charge in [-0.05, 0) is 43.9 Å². The Morgan fingerprint density at radius 3 is 2.74 bits per heavy atom. The number of nitrogens with one attached hydrogen (secondary N) is 3. The van der Waals surface area contributed by atoms with E-state index in [-0.39, 0.29) is 12.6 Å². The molecular formula is C20H28N3O4+. The normalized spacial score (nSPS) is 20.7. The van der Waals surface area contributed by atoms with Crippen LogP contribution in [0, 0.1) is 0 Å². The van der Waals surface area contributed by atoms with Crippen molar-refractivity contribution in [3.63, 3.8) is 0 Å². The van der Waals surface area contributed by atoms with E-state index in [1.165, 1.54) is 24.2 Å². The second kappa shape index (κ2) is 8.90. The van der Waals surface area contributed by atoms with E-state index >= 15 is 0 Å². The SMILES string of the molecule is CCOC(=O)C1=C(C[NH+]2CCCCC2)NC(=O)N[C@@H]1c1cccc(OC)c1. The van der Waals surface area contributed by atoms with Gasteiger partial charge in [-0.3, -0.25) is 0 Å². The maximum atomic E-state index is 12.8. The largest absolute Gasteiger partial charge is 0.497 e. The number of hydrogen-bond donors (Lipinski definition) is 3. The van der Waals surface area contributed by atoms with Crippen molar-refractivity contribution in [3.05, 3.63) is 41.1 Å². The molecule has 0 unspecified atom stereocenters. The molecule has 0 aliphatic carbocycles. The molecule has 2 heterocycles. The summed E-state index contributed by atoms with van der Waals surface area (Å²) in [4.78, 5) is 26.5. The van der Waals surface area contributed by atoms with Crippen LogP contribution < -0.4 is 20.3 Å². The number of amides is 2. The first-order valence-electron chi connectivity index (χ1n) is 9.57. The second-order valence-electron chi connectivity index (χ2n) is 6.91. The summed E-state index contributed by atoms with van der Waals surface area (Å²) >= 11 is 0. The summed E-state index contributed by atoms with van der Waals surface area (Å²) in [7, 11) is 1.59. The lowest BCUT2D eigenvalue weighted by atomic mass is 9.94. The summed E-state index contributed by atoms with van der Waals surface area (Å²) in [5.41, 5.74) is 1.92. The molecule has 2 amide bonds. The highest BCUT2D eigenvalue weighted by Gasteiger charge is 2.35. The van der Waals surface area contributed by atoms with Gasteiger partial charge in [0, 0.05) is 0 Å². The highest BCUT2D eigenvalue weighted by Crippen LogP contribution is 2.29. The Labute approximate surface area is 159 Å². The van der Waals surface area contributed by atoms with E-state index in [9.17, 15) is 9.59 Å². The maximum absolute atomic E-state index is 12.8. The molecule has 3 rings (SSSR count). The van der Waals surface area contributed by atoms with Crippen LogP contribution in [0.1, 0.15) is 37.8 Å². The van der Waals surface area contributed by atoms with Crippen molar-refractivity contribution >= 4 is 12.0 Å². The van der Waals surface area contributed by atoms with Crippen LogP contribution in [0.4, 0.5) is 4.79 Å². The Kier molecular flexibility index (Phi) is 6.34. The van der Waals surface area contributed by atoms with Crippen molar-refractivity contribution in [2.75, 3.05) is 33.4 Å². The number of hydrogen-bond acceptors (Lipinski definition) is 4. The number of rotatable bonds is 6. The van der Waals surface area contributed by atoms with Crippen molar-refractivity contribution in [2.24, 2.45) is 0 Å². The molecule has 1 aromatic carbocycles. The molecule has 3 N–H and O–H groups in total. The van der Waals surface area contributed by atoms with Crippen LogP contribution in [0.25, 0.3) is 0 Å². The van der Waals surface area contributed by atoms with Gasteiger partial charge >= 0.3 is 12.0 Å². The lowest BCUT2D eigenvalue weighted by molar-refractivity contribution is -0.900. The monoisotopic (exact) mass is 374 g/mol. The van der Waals surface area contributed by atoms with Gasteiger partial charge in [0.15, 0.2) is 0 Å². The minimum atomic E-state index is -0.563. The molecular weight excluding hydrogens is 346 g/mol. The van der Waals surface area contributed by atoms with Gasteiger partial charge in [-0.15, -0.1) is 0 Å². The van der Waals surface area contributed by atoms with E-state index in [1.54, 1.807) is 14.0 Å². The van der Waals surface area contributed by atoms with Crippen molar-refractivity contribution < 1.29 is 24.0 Å². The first-order chi connectivity index (χ1) is 13.1. The summed E-state index contributed by atoms with van der Waals surface area (Å²) in [6.45, 7) is 4.77. The first-order valence-corrected chi connectivity index (χ1v) is 9.57. The topological polar surface area (TPSA) is 81.1 Å². The van der Waals surface area contributed by atoms with Crippen LogP contribution in [0.15, 0.2) is 35.5 Å². The lowest BCUT2D eigenvalue weighted by Crippen LogP contribution is -3.13. The molecule has 146 valence electrons. The van der Waals surface area contributed by atoms with E-state index in [4.69, 9.17) is 9.47 Å². The van der Waals surface area contributed by atoms with E-state index in [2.05, 4.69) is 10.6 Å². The average Bonchev–Trinajstić information content (AvgIpc) is 2.68. The fraction of sp³-hybridized carbons (Fsp3) is 0.500. The molecule has 0 aromatic heterocycles. The van der Waals surface area contributed by atoms with E-state index < -0.39 is 12.0 Å². The zero-order chi connectivity index (χ0) is 19.2. The third kappa shape index (κ3) is 4.60. The van der Waals surface area contributed by atoms with Crippen LogP contribution in [-0.4, -0.2) is 45.4 Å². The fourth-order valence-corrected chi connectivity index (χ4v) is 3.76. The predicted octanol–water partition coefficient (Wildman–Crippen LogP) is 0.935. The van der Waals surface area contributed by atoms with Crippen LogP contribution >= 0.6 is 0 Å². The molecule has 1 saturated heterocycles. The first kappa shape index (κ1) is 19.2. The van der Waals surface area contributed by atoms with Gasteiger partial charge < -0.3 is 25.0 Å². The summed E-state index contributed by atoms with van der Waals surface area (Å²) in [5.74, 6) is 0.274. The van der Waals surface area contributed by atoms with Crippen molar-refractivity contribution in [3.8, 4) is 5.75 Å². The van der Waals surface area contributed by atoms with Gasteiger partial charge in [-0.1, -0.05) is 12.1 Å². The molecule has 2 aliphatic rings. The van der Waals surface area contributed by atoms with Crippen LogP contribution in [0.5, 0.6) is 5.75 Å². The molecule has 2 aliphatic heterocycles. The molecule has 0 spiro atoms. The fourth-order valence-electron chi connectivity index (χ4n) is 3.76. The molecule has 0 bridgehead atoms. The minimum absolute atomic E-state index is 0.283. The summed E-state index contributed by atoms with van der Waals surface area (Å²) in [5, 5.41) is 5.73. The summed E-state index contributed by atoms with van der Waals surface area (Å²) in [6.07, 6.45) is 3.58. The molecule has 1 fully saturated rings. The minimum Gasteiger partial charge on any atom is -0.497 e. The molecule has 27 heavy (non-hydrogen) atoms. The van der Waals surface area contributed by atoms with Gasteiger partial charge in [0.25, 0.3) is 0 Å². The van der Waals surface area contributed by atoms with Gasteiger partial charge in [-0.25, -0.2) is 9.59 Å². The third-order valence-corrected chi connectivity index (χ3v) is 5.06. The number of piperidine rings is 1. The molecule has 1 atom stereocenters. The van der Waals surface area contributed by atoms with E-state index in [1.807, 2.05) is 24.3 Å². The number of likely N-dealkylation sites (tertiary alicyclic amines) is 1. The van der Waals surface area contributed by atoms with E-state index in [0.29, 0.717) is 23.6 Å². The quantitative estimate of drug-likeness (QED) is 0.648. The van der Waals surface area contributed by atoms with Crippen molar-refractivity contribution in [2.45, 2.75) is 32.2 Å². The number of carbonyl (C=O) groups excluding carboxylic acids is 2. The van der Waals surface area contributed by atoms with Gasteiger partial charge in [0.1, 0.15) is 12.3 Å². The number of carbonyl (C=O) groups is 2. The molecule has 0 saturated carbocycles. The van der Waals surface area contributed by atoms with E-state index in [0.717, 1.165) is 18.7 Å². The molecule has 7 nitrogen and oxygen atoms in total. The Balaban J connectivity index is 1.98. The smallest absolute Gasteiger partial charge is 0.338 e. The van der Waals surface area contributed by atoms with Crippen LogP contribution in [0.3, 0.4) is 0 Å². The maximum Gasteiger partial charge on any atom is 0.338 e.